The van der Waals surface area contributed by atoms with Crippen LogP contribution in [0.1, 0.15) is 36.0 Å². The number of halogens is 1. The van der Waals surface area contributed by atoms with Gasteiger partial charge < -0.3 is 10.6 Å². The fourth-order valence-corrected chi connectivity index (χ4v) is 3.05. The minimum atomic E-state index is -0.0175. The van der Waals surface area contributed by atoms with Gasteiger partial charge in [-0.25, -0.2) is 0 Å². The molecule has 100 valence electrons. The van der Waals surface area contributed by atoms with E-state index in [1.807, 2.05) is 0 Å². The van der Waals surface area contributed by atoms with Crippen molar-refractivity contribution in [3.63, 3.8) is 0 Å². The minimum Gasteiger partial charge on any atom is -0.367 e. The molecule has 1 saturated heterocycles. The normalized spacial score (nSPS) is 25.2. The average molecular weight is 277 g/mol. The Morgan fingerprint density at radius 3 is 2.53 bits per heavy atom. The highest BCUT2D eigenvalue weighted by molar-refractivity contribution is 6.31. The van der Waals surface area contributed by atoms with Crippen molar-refractivity contribution in [2.75, 3.05) is 0 Å². The maximum atomic E-state index is 12.1. The molecule has 2 N–H and O–H groups in total. The van der Waals surface area contributed by atoms with Crippen molar-refractivity contribution in [1.82, 2.24) is 10.6 Å². The summed E-state index contributed by atoms with van der Waals surface area (Å²) >= 11 is 5.90. The van der Waals surface area contributed by atoms with Crippen molar-refractivity contribution in [3.8, 4) is 0 Å². The standard InChI is InChI=1S/C15H17ClN2O/c16-11-5-3-4-10(8-11)14(19)9-15-17-12-6-1-2-7-13(12)18-15/h3-5,8-9,12-13,17-18H,1-2,6-7H2/t12-,13-/m0/s1. The molecule has 19 heavy (non-hydrogen) atoms. The van der Waals surface area contributed by atoms with E-state index in [-0.39, 0.29) is 5.78 Å². The molecule has 0 bridgehead atoms. The quantitative estimate of drug-likeness (QED) is 0.645. The van der Waals surface area contributed by atoms with Crippen LogP contribution < -0.4 is 10.6 Å². The zero-order valence-electron chi connectivity index (χ0n) is 10.7. The number of carbonyl (C=O) groups is 1. The van der Waals surface area contributed by atoms with Gasteiger partial charge in [0.25, 0.3) is 0 Å². The predicted octanol–water partition coefficient (Wildman–Crippen LogP) is 2.87. The smallest absolute Gasteiger partial charge is 0.189 e. The second-order valence-corrected chi connectivity index (χ2v) is 5.66. The van der Waals surface area contributed by atoms with Gasteiger partial charge in [0, 0.05) is 28.7 Å². The van der Waals surface area contributed by atoms with Gasteiger partial charge in [-0.05, 0) is 25.0 Å². The van der Waals surface area contributed by atoms with Crippen molar-refractivity contribution < 1.29 is 4.79 Å². The van der Waals surface area contributed by atoms with Crippen LogP contribution in [0, 0.1) is 0 Å². The summed E-state index contributed by atoms with van der Waals surface area (Å²) in [5.41, 5.74) is 0.624. The summed E-state index contributed by atoms with van der Waals surface area (Å²) < 4.78 is 0. The predicted molar refractivity (Wildman–Crippen MR) is 76.2 cm³/mol. The largest absolute Gasteiger partial charge is 0.367 e. The van der Waals surface area contributed by atoms with Crippen molar-refractivity contribution in [2.45, 2.75) is 37.8 Å². The van der Waals surface area contributed by atoms with Crippen LogP contribution in [0.3, 0.4) is 0 Å². The van der Waals surface area contributed by atoms with Crippen molar-refractivity contribution in [3.05, 3.63) is 46.7 Å². The zero-order chi connectivity index (χ0) is 13.2. The van der Waals surface area contributed by atoms with Crippen LogP contribution >= 0.6 is 11.6 Å². The van der Waals surface area contributed by atoms with E-state index in [1.165, 1.54) is 25.7 Å². The average Bonchev–Trinajstić information content (AvgIpc) is 2.80. The topological polar surface area (TPSA) is 41.1 Å². The Hall–Kier alpha value is -1.48. The third kappa shape index (κ3) is 2.76. The van der Waals surface area contributed by atoms with Crippen LogP contribution in [0.5, 0.6) is 0 Å². The summed E-state index contributed by atoms with van der Waals surface area (Å²) in [4.78, 5) is 12.1. The lowest BCUT2D eigenvalue weighted by Gasteiger charge is -2.23. The Labute approximate surface area is 118 Å². The number of fused-ring (bicyclic) bond motifs is 1. The highest BCUT2D eigenvalue weighted by Crippen LogP contribution is 2.24. The highest BCUT2D eigenvalue weighted by atomic mass is 35.5. The summed E-state index contributed by atoms with van der Waals surface area (Å²) in [7, 11) is 0. The maximum Gasteiger partial charge on any atom is 0.189 e. The van der Waals surface area contributed by atoms with Gasteiger partial charge in [-0.2, -0.15) is 0 Å². The number of allylic oxidation sites excluding steroid dienone is 1. The van der Waals surface area contributed by atoms with Gasteiger partial charge in [0.1, 0.15) is 5.82 Å². The Morgan fingerprint density at radius 1 is 1.21 bits per heavy atom. The number of hydrogen-bond acceptors (Lipinski definition) is 3. The van der Waals surface area contributed by atoms with Crippen LogP contribution in [0.15, 0.2) is 36.2 Å². The molecule has 2 fully saturated rings. The summed E-state index contributed by atoms with van der Waals surface area (Å²) in [5.74, 6) is 0.832. The molecule has 1 aliphatic carbocycles. The number of nitrogens with one attached hydrogen (secondary N) is 2. The minimum absolute atomic E-state index is 0.0175. The van der Waals surface area contributed by atoms with E-state index < -0.39 is 0 Å². The second kappa shape index (κ2) is 5.25. The molecule has 1 aliphatic heterocycles. The van der Waals surface area contributed by atoms with Gasteiger partial charge in [0.05, 0.1) is 0 Å². The first-order chi connectivity index (χ1) is 9.22. The number of rotatable bonds is 2. The van der Waals surface area contributed by atoms with E-state index in [4.69, 9.17) is 11.6 Å². The molecular weight excluding hydrogens is 260 g/mol. The molecule has 0 aromatic heterocycles. The molecule has 0 spiro atoms. The lowest BCUT2D eigenvalue weighted by Crippen LogP contribution is -2.36. The third-order valence-corrected chi connectivity index (χ3v) is 4.07. The van der Waals surface area contributed by atoms with Crippen LogP contribution in [0.25, 0.3) is 0 Å². The van der Waals surface area contributed by atoms with Crippen LogP contribution in [0.2, 0.25) is 5.02 Å². The fraction of sp³-hybridized carbons (Fsp3) is 0.400. The Kier molecular flexibility index (Phi) is 3.47. The molecule has 1 heterocycles. The first-order valence-electron chi connectivity index (χ1n) is 6.77. The number of ketones is 1. The molecule has 4 heteroatoms. The van der Waals surface area contributed by atoms with E-state index in [0.717, 1.165) is 5.82 Å². The molecule has 1 aromatic rings. The van der Waals surface area contributed by atoms with Gasteiger partial charge in [0.15, 0.2) is 5.78 Å². The first-order valence-corrected chi connectivity index (χ1v) is 7.15. The van der Waals surface area contributed by atoms with Crippen LogP contribution in [-0.2, 0) is 0 Å². The van der Waals surface area contributed by atoms with E-state index in [0.29, 0.717) is 22.7 Å². The van der Waals surface area contributed by atoms with Crippen LogP contribution in [0.4, 0.5) is 0 Å². The SMILES string of the molecule is O=C(C=C1N[C@H]2CCCC[C@@H]2N1)c1cccc(Cl)c1. The summed E-state index contributed by atoms with van der Waals surface area (Å²) in [6.07, 6.45) is 6.54. The van der Waals surface area contributed by atoms with E-state index >= 15 is 0 Å². The maximum absolute atomic E-state index is 12.1. The third-order valence-electron chi connectivity index (χ3n) is 3.83. The molecule has 0 radical (unpaired) electrons. The van der Waals surface area contributed by atoms with Crippen LogP contribution in [-0.4, -0.2) is 17.9 Å². The first kappa shape index (κ1) is 12.5. The summed E-state index contributed by atoms with van der Waals surface area (Å²) in [6.45, 7) is 0. The van der Waals surface area contributed by atoms with Gasteiger partial charge in [-0.1, -0.05) is 36.6 Å². The highest BCUT2D eigenvalue weighted by Gasteiger charge is 2.31. The number of benzene rings is 1. The molecule has 3 rings (SSSR count). The molecule has 1 saturated carbocycles. The van der Waals surface area contributed by atoms with Gasteiger partial charge in [0.2, 0.25) is 0 Å². The van der Waals surface area contributed by atoms with Crippen molar-refractivity contribution in [2.24, 2.45) is 0 Å². The fourth-order valence-electron chi connectivity index (χ4n) is 2.86. The van der Waals surface area contributed by atoms with Gasteiger partial charge in [-0.15, -0.1) is 0 Å². The molecule has 0 unspecified atom stereocenters. The van der Waals surface area contributed by atoms with E-state index in [2.05, 4.69) is 10.6 Å². The molecule has 3 nitrogen and oxygen atoms in total. The zero-order valence-corrected chi connectivity index (χ0v) is 11.4. The molecule has 0 amide bonds. The summed E-state index contributed by atoms with van der Waals surface area (Å²) in [5, 5.41) is 7.40. The molecule has 1 aromatic carbocycles. The van der Waals surface area contributed by atoms with Crippen molar-refractivity contribution >= 4 is 17.4 Å². The van der Waals surface area contributed by atoms with Gasteiger partial charge in [-0.3, -0.25) is 4.79 Å². The molecule has 2 atom stereocenters. The Balaban J connectivity index is 1.74. The Morgan fingerprint density at radius 2 is 1.89 bits per heavy atom. The lowest BCUT2D eigenvalue weighted by molar-refractivity contribution is 0.104. The Bertz CT molecular complexity index is 511. The number of hydrogen-bond donors (Lipinski definition) is 2. The lowest BCUT2D eigenvalue weighted by atomic mass is 9.92. The van der Waals surface area contributed by atoms with Gasteiger partial charge >= 0.3 is 0 Å². The molecule has 2 aliphatic rings. The number of carbonyl (C=O) groups excluding carboxylic acids is 1. The van der Waals surface area contributed by atoms with Crippen molar-refractivity contribution in [1.29, 1.82) is 0 Å². The second-order valence-electron chi connectivity index (χ2n) is 5.22. The van der Waals surface area contributed by atoms with E-state index in [1.54, 1.807) is 30.3 Å². The molecular formula is C15H17ClN2O. The monoisotopic (exact) mass is 276 g/mol. The summed E-state index contributed by atoms with van der Waals surface area (Å²) in [6, 6.07) is 8.01. The van der Waals surface area contributed by atoms with E-state index in [9.17, 15) is 4.79 Å².